The molecule has 0 spiro atoms. The summed E-state index contributed by atoms with van der Waals surface area (Å²) in [5, 5.41) is 6.80. The maximum atomic E-state index is 12.8. The van der Waals surface area contributed by atoms with Crippen LogP contribution in [0.2, 0.25) is 0 Å². The minimum atomic E-state index is -0.284. The highest BCUT2D eigenvalue weighted by Gasteiger charge is 2.10. The van der Waals surface area contributed by atoms with E-state index in [9.17, 15) is 9.18 Å². The highest BCUT2D eigenvalue weighted by atomic mass is 32.2. The molecule has 0 aliphatic carbocycles. The Morgan fingerprint density at radius 3 is 2.72 bits per heavy atom. The predicted octanol–water partition coefficient (Wildman–Crippen LogP) is 1.04. The summed E-state index contributed by atoms with van der Waals surface area (Å²) in [5.74, 6) is 0.275. The number of aromatic nitrogens is 3. The highest BCUT2D eigenvalue weighted by Crippen LogP contribution is 2.20. The van der Waals surface area contributed by atoms with E-state index in [2.05, 4.69) is 10.2 Å². The van der Waals surface area contributed by atoms with Crippen LogP contribution >= 0.6 is 11.8 Å². The van der Waals surface area contributed by atoms with Crippen molar-refractivity contribution in [2.75, 3.05) is 5.75 Å². The number of halogens is 1. The summed E-state index contributed by atoms with van der Waals surface area (Å²) in [6, 6.07) is 5.84. The zero-order valence-electron chi connectivity index (χ0n) is 9.76. The molecular weight excluding hydrogens is 255 g/mol. The van der Waals surface area contributed by atoms with Gasteiger partial charge in [0.05, 0.1) is 0 Å². The van der Waals surface area contributed by atoms with Crippen LogP contribution in [0.4, 0.5) is 4.39 Å². The maximum absolute atomic E-state index is 12.8. The average Bonchev–Trinajstić information content (AvgIpc) is 2.68. The van der Waals surface area contributed by atoms with Crippen molar-refractivity contribution in [1.29, 1.82) is 0 Å². The Balaban J connectivity index is 2.00. The van der Waals surface area contributed by atoms with Crippen LogP contribution in [0.3, 0.4) is 0 Å². The molecule has 0 amide bonds. The minimum Gasteiger partial charge on any atom is -0.323 e. The minimum absolute atomic E-state index is 0.234. The van der Waals surface area contributed by atoms with Gasteiger partial charge in [0.25, 0.3) is 0 Å². The van der Waals surface area contributed by atoms with E-state index in [1.54, 1.807) is 19.2 Å². The number of nitrogens with one attached hydrogen (secondary N) is 1. The zero-order valence-corrected chi connectivity index (χ0v) is 10.6. The molecule has 96 valence electrons. The number of nitrogens with two attached hydrogens (primary N) is 1. The van der Waals surface area contributed by atoms with Crippen LogP contribution in [0.25, 0.3) is 0 Å². The van der Waals surface area contributed by atoms with Crippen LogP contribution < -0.4 is 11.4 Å². The van der Waals surface area contributed by atoms with Gasteiger partial charge in [-0.15, -0.1) is 5.10 Å². The number of benzene rings is 1. The fourth-order valence-electron chi connectivity index (χ4n) is 1.43. The van der Waals surface area contributed by atoms with Gasteiger partial charge in [0.15, 0.2) is 5.16 Å². The lowest BCUT2D eigenvalue weighted by Gasteiger charge is -2.10. The number of aromatic amines is 1. The molecule has 0 radical (unpaired) electrons. The number of hydrogen-bond acceptors (Lipinski definition) is 4. The standard InChI is InChI=1S/C11H13FN4OS/c1-16-10(17)14-15-11(16)18-6-9(13)7-2-4-8(12)5-3-7/h2-5,9H,6,13H2,1H3,(H,14,17). The molecule has 1 aromatic carbocycles. The molecular formula is C11H13FN4OS. The summed E-state index contributed by atoms with van der Waals surface area (Å²) in [4.78, 5) is 11.2. The molecule has 0 aliphatic rings. The molecule has 7 heteroatoms. The van der Waals surface area contributed by atoms with Crippen molar-refractivity contribution in [2.24, 2.45) is 12.8 Å². The summed E-state index contributed by atoms with van der Waals surface area (Å²) in [5.41, 5.74) is 6.58. The van der Waals surface area contributed by atoms with Gasteiger partial charge < -0.3 is 5.73 Å². The van der Waals surface area contributed by atoms with Crippen LogP contribution in [0.15, 0.2) is 34.2 Å². The quantitative estimate of drug-likeness (QED) is 0.812. The first kappa shape index (κ1) is 12.8. The van der Waals surface area contributed by atoms with Crippen molar-refractivity contribution < 1.29 is 4.39 Å². The van der Waals surface area contributed by atoms with Gasteiger partial charge in [-0.25, -0.2) is 14.3 Å². The summed E-state index contributed by atoms with van der Waals surface area (Å²) >= 11 is 1.38. The van der Waals surface area contributed by atoms with Gasteiger partial charge in [0.1, 0.15) is 5.82 Å². The topological polar surface area (TPSA) is 76.7 Å². The first-order valence-electron chi connectivity index (χ1n) is 5.33. The third-order valence-corrected chi connectivity index (χ3v) is 3.68. The summed E-state index contributed by atoms with van der Waals surface area (Å²) in [6.45, 7) is 0. The number of hydrogen-bond donors (Lipinski definition) is 2. The monoisotopic (exact) mass is 268 g/mol. The molecule has 0 aliphatic heterocycles. The van der Waals surface area contributed by atoms with Crippen molar-refractivity contribution in [3.63, 3.8) is 0 Å². The molecule has 0 saturated carbocycles. The smallest absolute Gasteiger partial charge is 0.323 e. The molecule has 0 saturated heterocycles. The molecule has 5 nitrogen and oxygen atoms in total. The third-order valence-electron chi connectivity index (χ3n) is 2.53. The maximum Gasteiger partial charge on any atom is 0.343 e. The summed E-state index contributed by atoms with van der Waals surface area (Å²) in [6.07, 6.45) is 0. The van der Waals surface area contributed by atoms with E-state index in [1.807, 2.05) is 0 Å². The fraction of sp³-hybridized carbons (Fsp3) is 0.273. The normalized spacial score (nSPS) is 12.6. The van der Waals surface area contributed by atoms with E-state index in [0.29, 0.717) is 10.9 Å². The fourth-order valence-corrected chi connectivity index (χ4v) is 2.34. The Labute approximate surface area is 107 Å². The number of H-pyrrole nitrogens is 1. The van der Waals surface area contributed by atoms with Crippen molar-refractivity contribution >= 4 is 11.8 Å². The van der Waals surface area contributed by atoms with Crippen LogP contribution in [-0.4, -0.2) is 20.5 Å². The molecule has 0 fully saturated rings. The second kappa shape index (κ2) is 5.36. The van der Waals surface area contributed by atoms with Crippen molar-refractivity contribution in [3.8, 4) is 0 Å². The van der Waals surface area contributed by atoms with Crippen LogP contribution in [-0.2, 0) is 7.05 Å². The van der Waals surface area contributed by atoms with E-state index in [0.717, 1.165) is 5.56 Å². The average molecular weight is 268 g/mol. The third kappa shape index (κ3) is 2.80. The van der Waals surface area contributed by atoms with E-state index < -0.39 is 0 Å². The number of nitrogens with zero attached hydrogens (tertiary/aromatic N) is 2. The van der Waals surface area contributed by atoms with Crippen molar-refractivity contribution in [1.82, 2.24) is 14.8 Å². The van der Waals surface area contributed by atoms with E-state index in [4.69, 9.17) is 5.73 Å². The van der Waals surface area contributed by atoms with Gasteiger partial charge in [-0.05, 0) is 17.7 Å². The van der Waals surface area contributed by atoms with Crippen molar-refractivity contribution in [2.45, 2.75) is 11.2 Å². The Bertz CT molecular complexity index is 577. The van der Waals surface area contributed by atoms with Gasteiger partial charge in [0, 0.05) is 18.8 Å². The number of rotatable bonds is 4. The SMILES string of the molecule is Cn1c(SCC(N)c2ccc(F)cc2)n[nH]c1=O. The molecule has 0 bridgehead atoms. The van der Waals surface area contributed by atoms with Gasteiger partial charge in [-0.1, -0.05) is 23.9 Å². The Kier molecular flexibility index (Phi) is 3.83. The second-order valence-electron chi connectivity index (χ2n) is 3.84. The molecule has 1 atom stereocenters. The molecule has 18 heavy (non-hydrogen) atoms. The Morgan fingerprint density at radius 2 is 2.17 bits per heavy atom. The van der Waals surface area contributed by atoms with E-state index >= 15 is 0 Å². The van der Waals surface area contributed by atoms with E-state index in [-0.39, 0.29) is 17.5 Å². The highest BCUT2D eigenvalue weighted by molar-refractivity contribution is 7.99. The summed E-state index contributed by atoms with van der Waals surface area (Å²) in [7, 11) is 1.64. The zero-order chi connectivity index (χ0) is 13.1. The molecule has 3 N–H and O–H groups in total. The molecule has 1 heterocycles. The van der Waals surface area contributed by atoms with Gasteiger partial charge >= 0.3 is 5.69 Å². The molecule has 1 aromatic heterocycles. The van der Waals surface area contributed by atoms with Crippen molar-refractivity contribution in [3.05, 3.63) is 46.1 Å². The van der Waals surface area contributed by atoms with E-state index in [1.165, 1.54) is 28.5 Å². The predicted molar refractivity (Wildman–Crippen MR) is 67.9 cm³/mol. The number of thioether (sulfide) groups is 1. The van der Waals surface area contributed by atoms with Crippen LogP contribution in [0.5, 0.6) is 0 Å². The molecule has 1 unspecified atom stereocenters. The van der Waals surface area contributed by atoms with Gasteiger partial charge in [-0.3, -0.25) is 4.57 Å². The Morgan fingerprint density at radius 1 is 1.50 bits per heavy atom. The van der Waals surface area contributed by atoms with Gasteiger partial charge in [-0.2, -0.15) is 0 Å². The lowest BCUT2D eigenvalue weighted by atomic mass is 10.1. The molecule has 2 aromatic rings. The molecule has 2 rings (SSSR count). The Hall–Kier alpha value is -1.60. The van der Waals surface area contributed by atoms with Gasteiger partial charge in [0.2, 0.25) is 0 Å². The van der Waals surface area contributed by atoms with Crippen LogP contribution in [0, 0.1) is 5.82 Å². The summed E-state index contributed by atoms with van der Waals surface area (Å²) < 4.78 is 14.2. The first-order valence-corrected chi connectivity index (χ1v) is 6.31. The lowest BCUT2D eigenvalue weighted by molar-refractivity contribution is 0.626. The lowest BCUT2D eigenvalue weighted by Crippen LogP contribution is -2.15. The first-order chi connectivity index (χ1) is 8.58. The second-order valence-corrected chi connectivity index (χ2v) is 4.83. The largest absolute Gasteiger partial charge is 0.343 e. The van der Waals surface area contributed by atoms with Crippen LogP contribution in [0.1, 0.15) is 11.6 Å².